The fourth-order valence-electron chi connectivity index (χ4n) is 4.24. The van der Waals surface area contributed by atoms with E-state index in [-0.39, 0.29) is 5.91 Å². The van der Waals surface area contributed by atoms with Gasteiger partial charge in [0.05, 0.1) is 23.4 Å². The standard InChI is InChI=1S/C23H18FN3O2/c1-14(16-6-3-5-9-19(16)24)27-22(28)17-7-2-4-8-18(17)23(27,29)15-10-11-20-21(12-15)26-13-25-20/h2-14,29H,1H3,(H,25,26). The molecule has 144 valence electrons. The van der Waals surface area contributed by atoms with E-state index >= 15 is 0 Å². The molecule has 2 N–H and O–H groups in total. The Hall–Kier alpha value is -3.51. The van der Waals surface area contributed by atoms with Gasteiger partial charge in [-0.25, -0.2) is 9.37 Å². The number of benzene rings is 3. The first-order chi connectivity index (χ1) is 14.0. The minimum atomic E-state index is -1.74. The second-order valence-electron chi connectivity index (χ2n) is 7.22. The number of carbonyl (C=O) groups excluding carboxylic acids is 1. The molecule has 29 heavy (non-hydrogen) atoms. The Bertz CT molecular complexity index is 1250. The normalized spacial score (nSPS) is 19.6. The van der Waals surface area contributed by atoms with Crippen molar-refractivity contribution >= 4 is 16.9 Å². The second kappa shape index (κ2) is 6.25. The molecule has 3 aromatic carbocycles. The number of hydrogen-bond acceptors (Lipinski definition) is 3. The van der Waals surface area contributed by atoms with E-state index < -0.39 is 17.6 Å². The van der Waals surface area contributed by atoms with Crippen LogP contribution >= 0.6 is 0 Å². The average molecular weight is 387 g/mol. The van der Waals surface area contributed by atoms with Gasteiger partial charge in [0, 0.05) is 22.3 Å². The highest BCUT2D eigenvalue weighted by Crippen LogP contribution is 2.47. The summed E-state index contributed by atoms with van der Waals surface area (Å²) in [5.41, 5.74) is 1.49. The summed E-state index contributed by atoms with van der Waals surface area (Å²) in [7, 11) is 0. The number of imidazole rings is 1. The minimum Gasteiger partial charge on any atom is -0.363 e. The van der Waals surface area contributed by atoms with Crippen LogP contribution in [0.25, 0.3) is 11.0 Å². The van der Waals surface area contributed by atoms with Crippen LogP contribution in [-0.4, -0.2) is 25.9 Å². The van der Waals surface area contributed by atoms with E-state index in [1.54, 1.807) is 73.9 Å². The Labute approximate surface area is 166 Å². The van der Waals surface area contributed by atoms with Crippen LogP contribution in [0.4, 0.5) is 4.39 Å². The predicted molar refractivity (Wildman–Crippen MR) is 107 cm³/mol. The summed E-state index contributed by atoms with van der Waals surface area (Å²) in [4.78, 5) is 22.0. The lowest BCUT2D eigenvalue weighted by Crippen LogP contribution is -2.46. The van der Waals surface area contributed by atoms with E-state index in [1.165, 1.54) is 11.0 Å². The predicted octanol–water partition coefficient (Wildman–Crippen LogP) is 4.11. The molecule has 1 aromatic heterocycles. The van der Waals surface area contributed by atoms with Crippen molar-refractivity contribution in [3.63, 3.8) is 0 Å². The molecule has 2 unspecified atom stereocenters. The summed E-state index contributed by atoms with van der Waals surface area (Å²) >= 11 is 0. The number of aromatic amines is 1. The van der Waals surface area contributed by atoms with Crippen LogP contribution in [0.2, 0.25) is 0 Å². The summed E-state index contributed by atoms with van der Waals surface area (Å²) in [6.45, 7) is 1.72. The molecule has 0 radical (unpaired) electrons. The van der Waals surface area contributed by atoms with Gasteiger partial charge in [0.25, 0.3) is 5.91 Å². The summed E-state index contributed by atoms with van der Waals surface area (Å²) < 4.78 is 14.5. The number of carbonyl (C=O) groups is 1. The Balaban J connectivity index is 1.74. The van der Waals surface area contributed by atoms with Gasteiger partial charge in [0.15, 0.2) is 5.72 Å². The SMILES string of the molecule is CC(c1ccccc1F)N1C(=O)c2ccccc2C1(O)c1ccc2nc[nH]c2c1. The molecule has 5 rings (SSSR count). The van der Waals surface area contributed by atoms with Crippen LogP contribution in [0.5, 0.6) is 0 Å². The van der Waals surface area contributed by atoms with Gasteiger partial charge in [0.1, 0.15) is 5.82 Å². The third-order valence-corrected chi connectivity index (χ3v) is 5.67. The molecule has 1 amide bonds. The number of nitrogens with one attached hydrogen (secondary N) is 1. The highest BCUT2D eigenvalue weighted by atomic mass is 19.1. The first kappa shape index (κ1) is 17.6. The highest BCUT2D eigenvalue weighted by molar-refractivity contribution is 6.00. The maximum atomic E-state index is 14.5. The summed E-state index contributed by atoms with van der Waals surface area (Å²) in [6, 6.07) is 17.9. The Morgan fingerprint density at radius 1 is 1.10 bits per heavy atom. The first-order valence-electron chi connectivity index (χ1n) is 9.35. The number of rotatable bonds is 3. The molecular weight excluding hydrogens is 369 g/mol. The van der Waals surface area contributed by atoms with Gasteiger partial charge in [-0.3, -0.25) is 9.69 Å². The number of hydrogen-bond donors (Lipinski definition) is 2. The molecule has 0 saturated heterocycles. The number of nitrogens with zero attached hydrogens (tertiary/aromatic N) is 2. The van der Waals surface area contributed by atoms with Gasteiger partial charge in [0.2, 0.25) is 0 Å². The van der Waals surface area contributed by atoms with Crippen LogP contribution in [0.3, 0.4) is 0 Å². The molecule has 6 heteroatoms. The molecule has 1 aliphatic rings. The number of fused-ring (bicyclic) bond motifs is 2. The molecule has 1 aliphatic heterocycles. The molecule has 0 spiro atoms. The van der Waals surface area contributed by atoms with Crippen molar-refractivity contribution in [2.45, 2.75) is 18.7 Å². The van der Waals surface area contributed by atoms with E-state index in [2.05, 4.69) is 9.97 Å². The number of aliphatic hydroxyl groups is 1. The second-order valence-corrected chi connectivity index (χ2v) is 7.22. The fourth-order valence-corrected chi connectivity index (χ4v) is 4.24. The average Bonchev–Trinajstić information content (AvgIpc) is 3.29. The maximum Gasteiger partial charge on any atom is 0.257 e. The van der Waals surface area contributed by atoms with E-state index in [4.69, 9.17) is 0 Å². The molecule has 2 atom stereocenters. The van der Waals surface area contributed by atoms with Gasteiger partial charge in [-0.1, -0.05) is 42.5 Å². The van der Waals surface area contributed by atoms with Crippen molar-refractivity contribution in [1.29, 1.82) is 0 Å². The number of aromatic nitrogens is 2. The lowest BCUT2D eigenvalue weighted by Gasteiger charge is -2.39. The van der Waals surface area contributed by atoms with Crippen molar-refractivity contribution < 1.29 is 14.3 Å². The zero-order valence-electron chi connectivity index (χ0n) is 15.6. The van der Waals surface area contributed by atoms with Gasteiger partial charge in [-0.05, 0) is 31.2 Å². The van der Waals surface area contributed by atoms with Crippen molar-refractivity contribution in [2.75, 3.05) is 0 Å². The molecule has 0 bridgehead atoms. The van der Waals surface area contributed by atoms with E-state index in [0.717, 1.165) is 11.0 Å². The van der Waals surface area contributed by atoms with Gasteiger partial charge < -0.3 is 10.1 Å². The molecule has 0 aliphatic carbocycles. The number of amides is 1. The van der Waals surface area contributed by atoms with Crippen LogP contribution in [0, 0.1) is 5.82 Å². The summed E-state index contributed by atoms with van der Waals surface area (Å²) in [5.74, 6) is -0.765. The number of H-pyrrole nitrogens is 1. The monoisotopic (exact) mass is 387 g/mol. The Morgan fingerprint density at radius 3 is 2.69 bits per heavy atom. The Morgan fingerprint density at radius 2 is 1.86 bits per heavy atom. The zero-order valence-corrected chi connectivity index (χ0v) is 15.6. The first-order valence-corrected chi connectivity index (χ1v) is 9.35. The smallest absolute Gasteiger partial charge is 0.257 e. The molecule has 4 aromatic rings. The third-order valence-electron chi connectivity index (χ3n) is 5.67. The third kappa shape index (κ3) is 2.42. The van der Waals surface area contributed by atoms with Crippen molar-refractivity contribution in [1.82, 2.24) is 14.9 Å². The minimum absolute atomic E-state index is 0.342. The van der Waals surface area contributed by atoms with Gasteiger partial charge in [-0.15, -0.1) is 0 Å². The summed E-state index contributed by atoms with van der Waals surface area (Å²) in [6.07, 6.45) is 1.58. The quantitative estimate of drug-likeness (QED) is 0.556. The molecule has 5 nitrogen and oxygen atoms in total. The van der Waals surface area contributed by atoms with E-state index in [1.807, 2.05) is 0 Å². The molecule has 0 saturated carbocycles. The topological polar surface area (TPSA) is 69.2 Å². The number of halogens is 1. The fraction of sp³-hybridized carbons (Fsp3) is 0.130. The van der Waals surface area contributed by atoms with Crippen molar-refractivity contribution in [3.8, 4) is 0 Å². The van der Waals surface area contributed by atoms with Crippen LogP contribution in [0.1, 0.15) is 40.0 Å². The Kier molecular flexibility index (Phi) is 3.79. The van der Waals surface area contributed by atoms with Crippen LogP contribution < -0.4 is 0 Å². The van der Waals surface area contributed by atoms with Crippen LogP contribution in [0.15, 0.2) is 73.1 Å². The summed E-state index contributed by atoms with van der Waals surface area (Å²) in [5, 5.41) is 12.0. The maximum absolute atomic E-state index is 14.5. The lowest BCUT2D eigenvalue weighted by molar-refractivity contribution is -0.0681. The van der Waals surface area contributed by atoms with E-state index in [0.29, 0.717) is 22.3 Å². The lowest BCUT2D eigenvalue weighted by atomic mass is 9.92. The molecular formula is C23H18FN3O2. The molecule has 0 fully saturated rings. The van der Waals surface area contributed by atoms with E-state index in [9.17, 15) is 14.3 Å². The highest BCUT2D eigenvalue weighted by Gasteiger charge is 2.52. The van der Waals surface area contributed by atoms with Gasteiger partial charge in [-0.2, -0.15) is 0 Å². The van der Waals surface area contributed by atoms with Crippen molar-refractivity contribution in [2.24, 2.45) is 0 Å². The van der Waals surface area contributed by atoms with Crippen molar-refractivity contribution in [3.05, 3.63) is 101 Å². The van der Waals surface area contributed by atoms with Gasteiger partial charge >= 0.3 is 0 Å². The largest absolute Gasteiger partial charge is 0.363 e. The molecule has 2 heterocycles. The van der Waals surface area contributed by atoms with Crippen LogP contribution in [-0.2, 0) is 5.72 Å². The zero-order chi connectivity index (χ0) is 20.2.